The molecule has 0 saturated carbocycles. The number of nitrogens with zero attached hydrogens (tertiary/aromatic N) is 2. The lowest BCUT2D eigenvalue weighted by atomic mass is 10.1. The molecular formula is C21H16ClN3OS. The molecule has 0 saturated heterocycles. The van der Waals surface area contributed by atoms with Crippen molar-refractivity contribution in [1.82, 2.24) is 9.71 Å². The number of hydrogen-bond acceptors (Lipinski definition) is 3. The van der Waals surface area contributed by atoms with Gasteiger partial charge in [-0.3, -0.25) is 14.5 Å². The van der Waals surface area contributed by atoms with Gasteiger partial charge in [0.25, 0.3) is 5.91 Å². The summed E-state index contributed by atoms with van der Waals surface area (Å²) in [6, 6.07) is 18.8. The third-order valence-corrected chi connectivity index (χ3v) is 5.64. The van der Waals surface area contributed by atoms with Crippen LogP contribution in [0.3, 0.4) is 0 Å². The van der Waals surface area contributed by atoms with Gasteiger partial charge in [0.2, 0.25) is 0 Å². The molecule has 0 spiro atoms. The van der Waals surface area contributed by atoms with Crippen LogP contribution in [0.25, 0.3) is 17.3 Å². The molecule has 0 bridgehead atoms. The maximum absolute atomic E-state index is 12.6. The molecule has 0 fully saturated rings. The van der Waals surface area contributed by atoms with Crippen molar-refractivity contribution >= 4 is 41.1 Å². The van der Waals surface area contributed by atoms with Crippen molar-refractivity contribution in [1.29, 1.82) is 0 Å². The van der Waals surface area contributed by atoms with Crippen LogP contribution in [-0.4, -0.2) is 17.1 Å². The molecule has 0 aliphatic carbocycles. The zero-order valence-electron chi connectivity index (χ0n) is 14.2. The van der Waals surface area contributed by atoms with Crippen LogP contribution in [-0.2, 0) is 0 Å². The highest BCUT2D eigenvalue weighted by Crippen LogP contribution is 2.29. The van der Waals surface area contributed by atoms with Crippen LogP contribution in [0.4, 0.5) is 0 Å². The van der Waals surface area contributed by atoms with E-state index in [1.165, 1.54) is 0 Å². The van der Waals surface area contributed by atoms with Crippen LogP contribution >= 0.6 is 22.9 Å². The maximum atomic E-state index is 12.6. The van der Waals surface area contributed by atoms with Gasteiger partial charge in [0.05, 0.1) is 10.7 Å². The summed E-state index contributed by atoms with van der Waals surface area (Å²) in [4.78, 5) is 16.9. The van der Waals surface area contributed by atoms with Crippen LogP contribution < -0.4 is 4.72 Å². The van der Waals surface area contributed by atoms with Gasteiger partial charge < -0.3 is 0 Å². The zero-order valence-corrected chi connectivity index (χ0v) is 15.9. The second kappa shape index (κ2) is 7.78. The molecular weight excluding hydrogens is 378 g/mol. The number of pyridine rings is 1. The van der Waals surface area contributed by atoms with Crippen molar-refractivity contribution in [3.63, 3.8) is 0 Å². The summed E-state index contributed by atoms with van der Waals surface area (Å²) in [5, 5.41) is 2.52. The molecule has 1 amide bonds. The molecule has 27 heavy (non-hydrogen) atoms. The largest absolute Gasteiger partial charge is 0.296 e. The number of benzene rings is 2. The topological polar surface area (TPSA) is 54.4 Å². The number of rotatable bonds is 3. The zero-order chi connectivity index (χ0) is 18.6. The number of aromatic nitrogens is 1. The molecule has 6 heteroatoms. The predicted octanol–water partition coefficient (Wildman–Crippen LogP) is 5.07. The van der Waals surface area contributed by atoms with Crippen molar-refractivity contribution in [2.45, 2.75) is 0 Å². The minimum absolute atomic E-state index is 0.160. The third kappa shape index (κ3) is 3.94. The predicted molar refractivity (Wildman–Crippen MR) is 114 cm³/mol. The van der Waals surface area contributed by atoms with Gasteiger partial charge in [-0.15, -0.1) is 0 Å². The normalized spacial score (nSPS) is 16.4. The average Bonchev–Trinajstić information content (AvgIpc) is 2.91. The van der Waals surface area contributed by atoms with Gasteiger partial charge >= 0.3 is 0 Å². The third-order valence-electron chi connectivity index (χ3n) is 4.11. The Morgan fingerprint density at radius 1 is 0.963 bits per heavy atom. The number of carbonyl (C=O) groups excluding carboxylic acids is 1. The van der Waals surface area contributed by atoms with Crippen LogP contribution in [0.15, 0.2) is 76.7 Å². The van der Waals surface area contributed by atoms with Crippen LogP contribution in [0.2, 0.25) is 5.02 Å². The lowest BCUT2D eigenvalue weighted by Gasteiger charge is -2.13. The van der Waals surface area contributed by atoms with Gasteiger partial charge in [-0.05, 0) is 41.3 Å². The molecule has 2 aromatic carbocycles. The fourth-order valence-electron chi connectivity index (χ4n) is 2.71. The van der Waals surface area contributed by atoms with Crippen molar-refractivity contribution in [3.8, 4) is 11.3 Å². The Labute approximate surface area is 165 Å². The molecule has 1 aromatic heterocycles. The Morgan fingerprint density at radius 3 is 2.52 bits per heavy atom. The molecule has 1 atom stereocenters. The average molecular weight is 394 g/mol. The fraction of sp³-hybridized carbons (Fsp3) is 0. The first kappa shape index (κ1) is 17.5. The van der Waals surface area contributed by atoms with Gasteiger partial charge in [-0.2, -0.15) is 0 Å². The lowest BCUT2D eigenvalue weighted by Crippen LogP contribution is -2.18. The minimum atomic E-state index is -1.11. The highest BCUT2D eigenvalue weighted by Gasteiger charge is 2.11. The quantitative estimate of drug-likeness (QED) is 0.610. The molecule has 1 aliphatic heterocycles. The number of fused-ring (bicyclic) bond motifs is 1. The number of thiol groups is 1. The Morgan fingerprint density at radius 2 is 1.74 bits per heavy atom. The first-order valence-electron chi connectivity index (χ1n) is 8.33. The van der Waals surface area contributed by atoms with E-state index in [2.05, 4.69) is 14.1 Å². The Hall–Kier alpha value is -2.89. The smallest absolute Gasteiger partial charge is 0.261 e. The van der Waals surface area contributed by atoms with E-state index in [9.17, 15) is 4.79 Å². The molecule has 1 N–H and O–H groups in total. The summed E-state index contributed by atoms with van der Waals surface area (Å²) in [7, 11) is 0. The Bertz CT molecular complexity index is 1010. The summed E-state index contributed by atoms with van der Waals surface area (Å²) in [5.74, 6) is -0.160. The van der Waals surface area contributed by atoms with E-state index in [4.69, 9.17) is 11.6 Å². The molecule has 1 unspecified atom stereocenters. The number of nitrogens with one attached hydrogen (secondary N) is 1. The number of halogens is 1. The van der Waals surface area contributed by atoms with E-state index in [1.807, 2.05) is 54.1 Å². The second-order valence-electron chi connectivity index (χ2n) is 5.89. The first-order valence-corrected chi connectivity index (χ1v) is 10.1. The molecule has 134 valence electrons. The van der Waals surface area contributed by atoms with Gasteiger partial charge in [0.15, 0.2) is 0 Å². The lowest BCUT2D eigenvalue weighted by molar-refractivity contribution is 0.0984. The summed E-state index contributed by atoms with van der Waals surface area (Å²) in [6.45, 7) is 0. The van der Waals surface area contributed by atoms with E-state index in [-0.39, 0.29) is 5.91 Å². The highest BCUT2D eigenvalue weighted by molar-refractivity contribution is 8.17. The number of amides is 1. The van der Waals surface area contributed by atoms with E-state index in [1.54, 1.807) is 30.5 Å². The maximum Gasteiger partial charge on any atom is 0.261 e. The fourth-order valence-corrected chi connectivity index (χ4v) is 4.03. The second-order valence-corrected chi connectivity index (χ2v) is 7.73. The van der Waals surface area contributed by atoms with E-state index >= 15 is 0 Å². The summed E-state index contributed by atoms with van der Waals surface area (Å²) >= 11 is 5.07. The molecule has 1 aliphatic rings. The van der Waals surface area contributed by atoms with Crippen molar-refractivity contribution in [2.24, 2.45) is 4.40 Å². The molecule has 4 nitrogen and oxygen atoms in total. The van der Waals surface area contributed by atoms with Crippen molar-refractivity contribution < 1.29 is 4.79 Å². The first-order chi connectivity index (χ1) is 13.2. The summed E-state index contributed by atoms with van der Waals surface area (Å²) in [6.07, 6.45) is 5.51. The van der Waals surface area contributed by atoms with Crippen LogP contribution in [0.1, 0.15) is 21.5 Å². The SMILES string of the molecule is O=C(N[SH]1C=Cc2ccccc2C=N1)c1ccc(-c2ncccc2Cl)cc1. The Kier molecular flexibility index (Phi) is 5.05. The van der Waals surface area contributed by atoms with Gasteiger partial charge in [0.1, 0.15) is 0 Å². The highest BCUT2D eigenvalue weighted by atomic mass is 35.5. The van der Waals surface area contributed by atoms with Crippen LogP contribution in [0.5, 0.6) is 0 Å². The molecule has 3 aromatic rings. The van der Waals surface area contributed by atoms with Gasteiger partial charge in [0, 0.05) is 29.1 Å². The summed E-state index contributed by atoms with van der Waals surface area (Å²) < 4.78 is 7.48. The molecule has 0 radical (unpaired) electrons. The van der Waals surface area contributed by atoms with Gasteiger partial charge in [-0.25, -0.2) is 4.40 Å². The molecule has 4 rings (SSSR count). The minimum Gasteiger partial charge on any atom is -0.296 e. The number of carbonyl (C=O) groups is 1. The van der Waals surface area contributed by atoms with E-state index in [0.717, 1.165) is 16.7 Å². The molecule has 2 heterocycles. The van der Waals surface area contributed by atoms with Crippen LogP contribution in [0, 0.1) is 0 Å². The van der Waals surface area contributed by atoms with Crippen molar-refractivity contribution in [3.05, 3.63) is 94.0 Å². The standard InChI is InChI=1S/C21H16ClN3OS/c22-19-6-3-12-23-20(19)16-7-9-17(10-8-16)21(26)25-27-13-11-15-4-1-2-5-18(15)14-24-27/h1-14,27H,(H,25,26). The number of hydrogen-bond donors (Lipinski definition) is 2. The van der Waals surface area contributed by atoms with Gasteiger partial charge in [-0.1, -0.05) is 59.3 Å². The monoisotopic (exact) mass is 393 g/mol. The summed E-state index contributed by atoms with van der Waals surface area (Å²) in [5.41, 5.74) is 4.27. The van der Waals surface area contributed by atoms with E-state index < -0.39 is 11.3 Å². The Balaban J connectivity index is 1.49. The van der Waals surface area contributed by atoms with E-state index in [0.29, 0.717) is 16.3 Å². The van der Waals surface area contributed by atoms with Crippen molar-refractivity contribution in [2.75, 3.05) is 0 Å².